The number of benzene rings is 2. The normalized spacial score (nSPS) is 15.3. The molecular formula is C26H25F3N6O2. The van der Waals surface area contributed by atoms with Crippen molar-refractivity contribution in [2.75, 3.05) is 32.7 Å². The van der Waals surface area contributed by atoms with Crippen molar-refractivity contribution in [3.05, 3.63) is 99.1 Å². The van der Waals surface area contributed by atoms with E-state index in [0.29, 0.717) is 6.54 Å². The Labute approximate surface area is 210 Å². The molecule has 1 fully saturated rings. The van der Waals surface area contributed by atoms with Gasteiger partial charge in [0, 0.05) is 52.0 Å². The summed E-state index contributed by atoms with van der Waals surface area (Å²) in [5, 5.41) is 0.0622. The van der Waals surface area contributed by atoms with Crippen LogP contribution in [-0.4, -0.2) is 61.6 Å². The zero-order chi connectivity index (χ0) is 26.0. The summed E-state index contributed by atoms with van der Waals surface area (Å²) in [6, 6.07) is 14.6. The summed E-state index contributed by atoms with van der Waals surface area (Å²) >= 11 is 0. The molecule has 1 saturated heterocycles. The number of alkyl halides is 3. The Morgan fingerprint density at radius 1 is 0.865 bits per heavy atom. The maximum Gasteiger partial charge on any atom is 0.416 e. The minimum atomic E-state index is -4.58. The number of halogens is 3. The van der Waals surface area contributed by atoms with Gasteiger partial charge in [-0.05, 0) is 23.8 Å². The second kappa shape index (κ2) is 10.3. The van der Waals surface area contributed by atoms with Gasteiger partial charge in [0.25, 0.3) is 5.56 Å². The van der Waals surface area contributed by atoms with Crippen molar-refractivity contribution in [2.24, 2.45) is 0 Å². The van der Waals surface area contributed by atoms with Gasteiger partial charge in [0.2, 0.25) is 0 Å². The maximum absolute atomic E-state index is 13.5. The lowest BCUT2D eigenvalue weighted by Crippen LogP contribution is -2.48. The molecule has 0 radical (unpaired) electrons. The molecule has 1 aliphatic heterocycles. The molecule has 0 aliphatic carbocycles. The van der Waals surface area contributed by atoms with Gasteiger partial charge in [-0.25, -0.2) is 19.3 Å². The van der Waals surface area contributed by atoms with Gasteiger partial charge >= 0.3 is 11.9 Å². The van der Waals surface area contributed by atoms with Crippen molar-refractivity contribution in [3.8, 4) is 5.69 Å². The second-order valence-electron chi connectivity index (χ2n) is 8.99. The first kappa shape index (κ1) is 24.8. The Kier molecular flexibility index (Phi) is 6.90. The lowest BCUT2D eigenvalue weighted by Gasteiger charge is -2.34. The summed E-state index contributed by atoms with van der Waals surface area (Å²) < 4.78 is 42.1. The van der Waals surface area contributed by atoms with Gasteiger partial charge in [-0.15, -0.1) is 0 Å². The zero-order valence-electron chi connectivity index (χ0n) is 19.9. The van der Waals surface area contributed by atoms with Gasteiger partial charge in [-0.2, -0.15) is 13.2 Å². The first-order valence-electron chi connectivity index (χ1n) is 11.9. The SMILES string of the molecule is O=c1c2cncnc2n(-c2cccc(C(F)(F)F)c2)c(=O)n1CCN1CCN(Cc2ccccc2)CC1. The predicted molar refractivity (Wildman–Crippen MR) is 133 cm³/mol. The lowest BCUT2D eigenvalue weighted by atomic mass is 10.2. The number of rotatable bonds is 6. The molecule has 4 aromatic rings. The van der Waals surface area contributed by atoms with E-state index in [1.165, 1.54) is 23.9 Å². The van der Waals surface area contributed by atoms with Gasteiger partial charge in [-0.1, -0.05) is 36.4 Å². The predicted octanol–water partition coefficient (Wildman–Crippen LogP) is 2.78. The number of hydrogen-bond acceptors (Lipinski definition) is 6. The molecule has 0 N–H and O–H groups in total. The van der Waals surface area contributed by atoms with Crippen molar-refractivity contribution in [1.82, 2.24) is 28.9 Å². The van der Waals surface area contributed by atoms with E-state index in [1.54, 1.807) is 0 Å². The van der Waals surface area contributed by atoms with Crippen LogP contribution >= 0.6 is 0 Å². The average Bonchev–Trinajstić information content (AvgIpc) is 2.90. The molecular weight excluding hydrogens is 485 g/mol. The molecule has 8 nitrogen and oxygen atoms in total. The molecule has 37 heavy (non-hydrogen) atoms. The second-order valence-corrected chi connectivity index (χ2v) is 8.99. The maximum atomic E-state index is 13.5. The summed E-state index contributed by atoms with van der Waals surface area (Å²) in [4.78, 5) is 39.1. The highest BCUT2D eigenvalue weighted by molar-refractivity contribution is 5.74. The van der Waals surface area contributed by atoms with Crippen LogP contribution in [0.4, 0.5) is 13.2 Å². The largest absolute Gasteiger partial charge is 0.416 e. The molecule has 0 unspecified atom stereocenters. The van der Waals surface area contributed by atoms with E-state index in [0.717, 1.165) is 60.3 Å². The smallest absolute Gasteiger partial charge is 0.299 e. The Morgan fingerprint density at radius 3 is 2.32 bits per heavy atom. The quantitative estimate of drug-likeness (QED) is 0.397. The van der Waals surface area contributed by atoms with Gasteiger partial charge in [0.05, 0.1) is 11.3 Å². The number of piperazine rings is 1. The fourth-order valence-electron chi connectivity index (χ4n) is 4.60. The van der Waals surface area contributed by atoms with Crippen LogP contribution in [0.2, 0.25) is 0 Å². The summed E-state index contributed by atoms with van der Waals surface area (Å²) in [5.41, 5.74) is -1.01. The van der Waals surface area contributed by atoms with Crippen LogP contribution in [0, 0.1) is 0 Å². The topological polar surface area (TPSA) is 76.3 Å². The molecule has 0 atom stereocenters. The monoisotopic (exact) mass is 510 g/mol. The summed E-state index contributed by atoms with van der Waals surface area (Å²) in [6.07, 6.45) is -2.14. The van der Waals surface area contributed by atoms with Crippen LogP contribution in [-0.2, 0) is 19.3 Å². The highest BCUT2D eigenvalue weighted by Crippen LogP contribution is 2.30. The third kappa shape index (κ3) is 5.32. The molecule has 2 aromatic carbocycles. The Morgan fingerprint density at radius 2 is 1.59 bits per heavy atom. The molecule has 1 aliphatic rings. The van der Waals surface area contributed by atoms with E-state index < -0.39 is 23.0 Å². The first-order chi connectivity index (χ1) is 17.8. The molecule has 5 rings (SSSR count). The highest BCUT2D eigenvalue weighted by atomic mass is 19.4. The lowest BCUT2D eigenvalue weighted by molar-refractivity contribution is -0.137. The van der Waals surface area contributed by atoms with Gasteiger partial charge in [0.1, 0.15) is 11.7 Å². The van der Waals surface area contributed by atoms with Crippen molar-refractivity contribution in [2.45, 2.75) is 19.3 Å². The number of nitrogens with zero attached hydrogens (tertiary/aromatic N) is 6. The summed E-state index contributed by atoms with van der Waals surface area (Å²) in [5.74, 6) is 0. The van der Waals surface area contributed by atoms with E-state index in [4.69, 9.17) is 0 Å². The minimum Gasteiger partial charge on any atom is -0.299 e. The zero-order valence-corrected chi connectivity index (χ0v) is 19.9. The van der Waals surface area contributed by atoms with Crippen LogP contribution in [0.1, 0.15) is 11.1 Å². The van der Waals surface area contributed by atoms with Crippen LogP contribution < -0.4 is 11.2 Å². The first-order valence-corrected chi connectivity index (χ1v) is 11.9. The van der Waals surface area contributed by atoms with E-state index >= 15 is 0 Å². The highest BCUT2D eigenvalue weighted by Gasteiger charge is 2.31. The summed E-state index contributed by atoms with van der Waals surface area (Å²) in [7, 11) is 0. The fourth-order valence-corrected chi connectivity index (χ4v) is 4.60. The van der Waals surface area contributed by atoms with Crippen LogP contribution in [0.5, 0.6) is 0 Å². The van der Waals surface area contributed by atoms with Crippen molar-refractivity contribution in [1.29, 1.82) is 0 Å². The molecule has 11 heteroatoms. The van der Waals surface area contributed by atoms with Gasteiger partial charge in [-0.3, -0.25) is 19.2 Å². The third-order valence-corrected chi connectivity index (χ3v) is 6.59. The Bertz CT molecular complexity index is 1510. The molecule has 0 bridgehead atoms. The molecule has 0 saturated carbocycles. The van der Waals surface area contributed by atoms with Crippen molar-refractivity contribution >= 4 is 11.0 Å². The standard InChI is InChI=1S/C26H25F3N6O2/c27-26(28,29)20-7-4-8-21(15-20)35-23-22(16-30-18-31-23)24(36)34(25(35)37)14-13-32-9-11-33(12-10-32)17-19-5-2-1-3-6-19/h1-8,15-16,18H,9-14,17H2. The molecule has 0 amide bonds. The number of hydrogen-bond donors (Lipinski definition) is 0. The van der Waals surface area contributed by atoms with E-state index in [1.807, 2.05) is 18.2 Å². The van der Waals surface area contributed by atoms with Gasteiger partial charge < -0.3 is 0 Å². The van der Waals surface area contributed by atoms with E-state index in [-0.39, 0.29) is 23.3 Å². The molecule has 2 aromatic heterocycles. The average molecular weight is 511 g/mol. The minimum absolute atomic E-state index is 0.0215. The van der Waals surface area contributed by atoms with Crippen LogP contribution in [0.15, 0.2) is 76.7 Å². The molecule has 192 valence electrons. The fraction of sp³-hybridized carbons (Fsp3) is 0.308. The molecule has 0 spiro atoms. The van der Waals surface area contributed by atoms with Crippen molar-refractivity contribution < 1.29 is 13.2 Å². The van der Waals surface area contributed by atoms with Gasteiger partial charge in [0.15, 0.2) is 5.65 Å². The van der Waals surface area contributed by atoms with Crippen LogP contribution in [0.25, 0.3) is 16.7 Å². The number of aromatic nitrogens is 4. The summed E-state index contributed by atoms with van der Waals surface area (Å²) in [6.45, 7) is 4.67. The van der Waals surface area contributed by atoms with E-state index in [2.05, 4.69) is 31.9 Å². The van der Waals surface area contributed by atoms with Crippen molar-refractivity contribution in [3.63, 3.8) is 0 Å². The number of fused-ring (bicyclic) bond motifs is 1. The Balaban J connectivity index is 1.39. The Hall–Kier alpha value is -3.83. The third-order valence-electron chi connectivity index (χ3n) is 6.59. The van der Waals surface area contributed by atoms with E-state index in [9.17, 15) is 22.8 Å². The molecule has 3 heterocycles. The van der Waals surface area contributed by atoms with Crippen LogP contribution in [0.3, 0.4) is 0 Å².